The van der Waals surface area contributed by atoms with E-state index in [1.165, 1.54) is 9.63 Å². The van der Waals surface area contributed by atoms with E-state index < -0.39 is 0 Å². The molecule has 0 aromatic heterocycles. The predicted molar refractivity (Wildman–Crippen MR) is 41.0 cm³/mol. The quantitative estimate of drug-likeness (QED) is 0.586. The summed E-state index contributed by atoms with van der Waals surface area (Å²) in [6.07, 6.45) is 9.40. The first kappa shape index (κ1) is 6.24. The summed E-state index contributed by atoms with van der Waals surface area (Å²) in [7, 11) is 0. The van der Waals surface area contributed by atoms with E-state index >= 15 is 0 Å². The second kappa shape index (κ2) is 2.64. The van der Waals surface area contributed by atoms with Crippen molar-refractivity contribution < 1.29 is 0 Å². The van der Waals surface area contributed by atoms with Crippen molar-refractivity contribution in [1.29, 1.82) is 0 Å². The molecule has 2 aliphatic rings. The van der Waals surface area contributed by atoms with Gasteiger partial charge in [0.25, 0.3) is 0 Å². The van der Waals surface area contributed by atoms with E-state index in [0.717, 1.165) is 15.0 Å². The van der Waals surface area contributed by atoms with Crippen molar-refractivity contribution >= 4 is 15.0 Å². The van der Waals surface area contributed by atoms with Gasteiger partial charge in [0, 0.05) is 0 Å². The van der Waals surface area contributed by atoms with Crippen LogP contribution >= 0.6 is 0 Å². The van der Waals surface area contributed by atoms with E-state index in [0.29, 0.717) is 0 Å². The van der Waals surface area contributed by atoms with E-state index in [9.17, 15) is 0 Å². The third kappa shape index (κ3) is 1.33. The summed E-state index contributed by atoms with van der Waals surface area (Å²) in [4.78, 5) is 2.45. The first-order valence-electron chi connectivity index (χ1n) is 4.10. The van der Waals surface area contributed by atoms with Crippen LogP contribution in [0.2, 0.25) is 9.63 Å². The Morgan fingerprint density at radius 2 is 1.22 bits per heavy atom. The Balaban J connectivity index is 1.64. The second-order valence-electron chi connectivity index (χ2n) is 3.24. The molecule has 0 aromatic carbocycles. The molecule has 2 rings (SSSR count). The molecule has 2 aliphatic carbocycles. The zero-order valence-electron chi connectivity index (χ0n) is 5.81. The summed E-state index contributed by atoms with van der Waals surface area (Å²) in [6, 6.07) is 0. The van der Waals surface area contributed by atoms with Gasteiger partial charge in [-0.25, -0.2) is 0 Å². The third-order valence-electron chi connectivity index (χ3n) is 2.49. The van der Waals surface area contributed by atoms with Crippen LogP contribution in [-0.4, -0.2) is 15.0 Å². The predicted octanol–water partition coefficient (Wildman–Crippen LogP) is 2.64. The molecule has 0 aromatic rings. The Hall–Kier alpha value is 0.519. The summed E-state index contributed by atoms with van der Waals surface area (Å²) in [5.41, 5.74) is 0. The van der Waals surface area contributed by atoms with Gasteiger partial charge < -0.3 is 0 Å². The fraction of sp³-hybridized carbons (Fsp3) is 1.00. The van der Waals surface area contributed by atoms with Crippen molar-refractivity contribution in [3.63, 3.8) is 0 Å². The molecule has 2 fully saturated rings. The topological polar surface area (TPSA) is 0 Å². The van der Waals surface area contributed by atoms with Gasteiger partial charge in [-0.15, -0.1) is 0 Å². The molecule has 2 saturated carbocycles. The average Bonchev–Trinajstić information content (AvgIpc) is 1.57. The van der Waals surface area contributed by atoms with Crippen LogP contribution in [0.25, 0.3) is 0 Å². The summed E-state index contributed by atoms with van der Waals surface area (Å²) in [6.45, 7) is 0. The fourth-order valence-electron chi connectivity index (χ4n) is 1.29. The number of rotatable bonds is 2. The van der Waals surface area contributed by atoms with Crippen molar-refractivity contribution in [3.8, 4) is 0 Å². The molecule has 52 valence electrons. The van der Waals surface area contributed by atoms with Crippen LogP contribution in [0, 0.1) is 0 Å². The second-order valence-corrected chi connectivity index (χ2v) is 6.61. The van der Waals surface area contributed by atoms with E-state index in [1.54, 1.807) is 38.5 Å². The Labute approximate surface area is 63.6 Å². The maximum atomic E-state index is 1.58. The van der Waals surface area contributed by atoms with Crippen LogP contribution in [-0.2, 0) is 0 Å². The summed E-state index contributed by atoms with van der Waals surface area (Å²) >= 11 is 1.07. The molecular formula is C8H14Se. The van der Waals surface area contributed by atoms with E-state index in [1.807, 2.05) is 0 Å². The van der Waals surface area contributed by atoms with Crippen LogP contribution in [0.5, 0.6) is 0 Å². The molecule has 0 N–H and O–H groups in total. The van der Waals surface area contributed by atoms with Crippen molar-refractivity contribution in [2.75, 3.05) is 0 Å². The monoisotopic (exact) mass is 190 g/mol. The molecule has 0 bridgehead atoms. The Morgan fingerprint density at radius 3 is 1.44 bits per heavy atom. The van der Waals surface area contributed by atoms with Gasteiger partial charge >= 0.3 is 63.1 Å². The molecular weight excluding hydrogens is 175 g/mol. The Kier molecular flexibility index (Phi) is 1.83. The molecule has 1 heteroatoms. The molecule has 0 atom stereocenters. The molecule has 0 amide bonds. The van der Waals surface area contributed by atoms with Crippen LogP contribution < -0.4 is 0 Å². The van der Waals surface area contributed by atoms with Gasteiger partial charge in [-0.2, -0.15) is 0 Å². The molecule has 0 unspecified atom stereocenters. The van der Waals surface area contributed by atoms with Crippen LogP contribution in [0.1, 0.15) is 38.5 Å². The third-order valence-corrected chi connectivity index (χ3v) is 6.08. The van der Waals surface area contributed by atoms with E-state index in [2.05, 4.69) is 0 Å². The van der Waals surface area contributed by atoms with Crippen LogP contribution in [0.4, 0.5) is 0 Å². The van der Waals surface area contributed by atoms with Gasteiger partial charge in [0.15, 0.2) is 0 Å². The van der Waals surface area contributed by atoms with Gasteiger partial charge in [-0.05, 0) is 0 Å². The van der Waals surface area contributed by atoms with E-state index in [-0.39, 0.29) is 0 Å². The molecule has 0 saturated heterocycles. The molecule has 9 heavy (non-hydrogen) atoms. The average molecular weight is 189 g/mol. The van der Waals surface area contributed by atoms with Gasteiger partial charge in [0.1, 0.15) is 0 Å². The minimum atomic E-state index is 1.07. The normalized spacial score (nSPS) is 29.3. The first-order chi connectivity index (χ1) is 4.45. The van der Waals surface area contributed by atoms with Crippen molar-refractivity contribution in [2.24, 2.45) is 0 Å². The standard InChI is InChI=1S/C8H14Se/c1-3-7(4-1)9-8-5-2-6-8/h7-8H,1-6H2. The SMILES string of the molecule is C1CC([Se]C2CCC2)C1. The van der Waals surface area contributed by atoms with Crippen molar-refractivity contribution in [1.82, 2.24) is 0 Å². The molecule has 0 radical (unpaired) electrons. The summed E-state index contributed by atoms with van der Waals surface area (Å²) in [5.74, 6) is 0. The van der Waals surface area contributed by atoms with Gasteiger partial charge in [0.2, 0.25) is 0 Å². The Morgan fingerprint density at radius 1 is 0.778 bits per heavy atom. The van der Waals surface area contributed by atoms with Gasteiger partial charge in [0.05, 0.1) is 0 Å². The van der Waals surface area contributed by atoms with Crippen LogP contribution in [0.3, 0.4) is 0 Å². The Bertz CT molecular complexity index is 80.7. The molecule has 0 spiro atoms. The van der Waals surface area contributed by atoms with Crippen molar-refractivity contribution in [3.05, 3.63) is 0 Å². The fourth-order valence-corrected chi connectivity index (χ4v) is 4.97. The zero-order valence-corrected chi connectivity index (χ0v) is 7.52. The zero-order chi connectivity index (χ0) is 6.10. The van der Waals surface area contributed by atoms with Crippen LogP contribution in [0.15, 0.2) is 0 Å². The number of hydrogen-bond acceptors (Lipinski definition) is 0. The minimum absolute atomic E-state index is 1.07. The summed E-state index contributed by atoms with van der Waals surface area (Å²) < 4.78 is 0. The number of hydrogen-bond donors (Lipinski definition) is 0. The first-order valence-corrected chi connectivity index (χ1v) is 6.08. The molecule has 0 nitrogen and oxygen atoms in total. The molecule has 0 aliphatic heterocycles. The summed E-state index contributed by atoms with van der Waals surface area (Å²) in [5, 5.41) is 0. The van der Waals surface area contributed by atoms with Gasteiger partial charge in [-0.3, -0.25) is 0 Å². The maximum absolute atomic E-state index is 1.58. The van der Waals surface area contributed by atoms with Crippen molar-refractivity contribution in [2.45, 2.75) is 48.2 Å². The molecule has 0 heterocycles. The van der Waals surface area contributed by atoms with Gasteiger partial charge in [-0.1, -0.05) is 0 Å². The van der Waals surface area contributed by atoms with E-state index in [4.69, 9.17) is 0 Å².